The van der Waals surface area contributed by atoms with Gasteiger partial charge in [0.15, 0.2) is 0 Å². The number of esters is 1. The third kappa shape index (κ3) is 5.03. The molecular formula is C23H27ClN4O3S. The summed E-state index contributed by atoms with van der Waals surface area (Å²) < 4.78 is 6.95. The van der Waals surface area contributed by atoms with Crippen molar-refractivity contribution in [3.8, 4) is 0 Å². The van der Waals surface area contributed by atoms with Crippen molar-refractivity contribution in [1.82, 2.24) is 14.7 Å². The molecule has 0 aliphatic carbocycles. The molecule has 9 heteroatoms. The number of hydrogen-bond acceptors (Lipinski definition) is 6. The molecule has 2 aromatic heterocycles. The van der Waals surface area contributed by atoms with E-state index in [1.165, 1.54) is 16.9 Å². The Morgan fingerprint density at radius 1 is 1.19 bits per heavy atom. The number of anilines is 1. The highest BCUT2D eigenvalue weighted by Crippen LogP contribution is 2.38. The van der Waals surface area contributed by atoms with E-state index in [0.717, 1.165) is 36.5 Å². The number of nitrogens with one attached hydrogen (secondary N) is 1. The molecular weight excluding hydrogens is 448 g/mol. The first-order valence-corrected chi connectivity index (χ1v) is 11.3. The maximum atomic E-state index is 12.9. The van der Waals surface area contributed by atoms with Gasteiger partial charge in [0.2, 0.25) is 0 Å². The first-order valence-electron chi connectivity index (χ1n) is 10.5. The predicted molar refractivity (Wildman–Crippen MR) is 128 cm³/mol. The van der Waals surface area contributed by atoms with E-state index in [9.17, 15) is 9.59 Å². The molecule has 1 amide bonds. The van der Waals surface area contributed by atoms with Gasteiger partial charge in [-0.3, -0.25) is 14.4 Å². The average Bonchev–Trinajstić information content (AvgIpc) is 3.38. The summed E-state index contributed by atoms with van der Waals surface area (Å²) >= 11 is 1.47. The number of fused-ring (bicyclic) bond motifs is 1. The van der Waals surface area contributed by atoms with Crippen LogP contribution in [0.3, 0.4) is 0 Å². The molecule has 4 rings (SSSR count). The first-order chi connectivity index (χ1) is 15.1. The second kappa shape index (κ2) is 10.8. The number of benzene rings is 1. The smallest absolute Gasteiger partial charge is 0.341 e. The Labute approximate surface area is 197 Å². The molecule has 0 fully saturated rings. The minimum Gasteiger partial charge on any atom is -0.462 e. The quantitative estimate of drug-likeness (QED) is 0.514. The largest absolute Gasteiger partial charge is 0.462 e. The molecule has 0 saturated heterocycles. The summed E-state index contributed by atoms with van der Waals surface area (Å²) in [6.45, 7) is 7.04. The van der Waals surface area contributed by atoms with E-state index >= 15 is 0 Å². The molecule has 3 heterocycles. The number of nitrogens with zero attached hydrogens (tertiary/aromatic N) is 3. The van der Waals surface area contributed by atoms with Crippen molar-refractivity contribution >= 4 is 40.6 Å². The van der Waals surface area contributed by atoms with Gasteiger partial charge >= 0.3 is 5.97 Å². The number of rotatable bonds is 7. The molecule has 0 atom stereocenters. The van der Waals surface area contributed by atoms with Crippen molar-refractivity contribution in [3.05, 3.63) is 69.9 Å². The van der Waals surface area contributed by atoms with E-state index in [-0.39, 0.29) is 24.3 Å². The van der Waals surface area contributed by atoms with E-state index in [0.29, 0.717) is 29.4 Å². The van der Waals surface area contributed by atoms with Gasteiger partial charge < -0.3 is 10.1 Å². The Balaban J connectivity index is 0.00000289. The summed E-state index contributed by atoms with van der Waals surface area (Å²) in [6, 6.07) is 12.0. The Morgan fingerprint density at radius 2 is 1.97 bits per heavy atom. The lowest BCUT2D eigenvalue weighted by Crippen LogP contribution is -2.30. The number of aromatic nitrogens is 2. The lowest BCUT2D eigenvalue weighted by molar-refractivity contribution is 0.0526. The van der Waals surface area contributed by atoms with Crippen molar-refractivity contribution in [2.75, 3.05) is 18.5 Å². The van der Waals surface area contributed by atoms with Gasteiger partial charge in [0.05, 0.1) is 12.2 Å². The summed E-state index contributed by atoms with van der Waals surface area (Å²) in [5.74, 6) is -0.652. The fourth-order valence-electron chi connectivity index (χ4n) is 3.88. The molecule has 170 valence electrons. The van der Waals surface area contributed by atoms with Crippen LogP contribution in [0.4, 0.5) is 5.00 Å². The summed E-state index contributed by atoms with van der Waals surface area (Å²) in [6.07, 6.45) is 2.35. The second-order valence-electron chi connectivity index (χ2n) is 7.36. The fraction of sp³-hybridized carbons (Fsp3) is 0.348. The van der Waals surface area contributed by atoms with Crippen molar-refractivity contribution in [2.45, 2.75) is 39.9 Å². The number of amides is 1. The van der Waals surface area contributed by atoms with Crippen LogP contribution in [-0.2, 0) is 30.8 Å². The highest BCUT2D eigenvalue weighted by atomic mass is 35.5. The number of aryl methyl sites for hydroxylation is 1. The fourth-order valence-corrected chi connectivity index (χ4v) is 5.16. The SMILES string of the molecule is CCOC(=O)c1c(NC(=O)c2ccnn2CC)sc2c1CCN(Cc1ccccc1)C2.Cl. The molecule has 0 bridgehead atoms. The molecule has 1 aliphatic heterocycles. The van der Waals surface area contributed by atoms with Crippen LogP contribution in [0.15, 0.2) is 42.6 Å². The normalized spacial score (nSPS) is 13.2. The number of ether oxygens (including phenoxy) is 1. The summed E-state index contributed by atoms with van der Waals surface area (Å²) in [7, 11) is 0. The van der Waals surface area contributed by atoms with Crippen molar-refractivity contribution in [2.24, 2.45) is 0 Å². The Bertz CT molecular complexity index is 1080. The van der Waals surface area contributed by atoms with Gasteiger partial charge in [-0.05, 0) is 37.5 Å². The molecule has 0 radical (unpaired) electrons. The second-order valence-corrected chi connectivity index (χ2v) is 8.47. The van der Waals surface area contributed by atoms with Gasteiger partial charge in [0.25, 0.3) is 5.91 Å². The van der Waals surface area contributed by atoms with Gasteiger partial charge in [-0.25, -0.2) is 4.79 Å². The number of thiophene rings is 1. The standard InChI is InChI=1S/C23H26N4O3S.ClH/c1-3-27-18(10-12-24-27)21(28)25-22-20(23(29)30-4-2)17-11-13-26(15-19(17)31-22)14-16-8-6-5-7-9-16;/h5-10,12H,3-4,11,13-15H2,1-2H3,(H,25,28);1H. The van der Waals surface area contributed by atoms with Crippen LogP contribution >= 0.6 is 23.7 Å². The Kier molecular flexibility index (Phi) is 8.06. The molecule has 1 aliphatic rings. The monoisotopic (exact) mass is 474 g/mol. The molecule has 0 spiro atoms. The Hall–Kier alpha value is -2.68. The van der Waals surface area contributed by atoms with Crippen molar-refractivity contribution in [3.63, 3.8) is 0 Å². The zero-order valence-corrected chi connectivity index (χ0v) is 19.8. The number of hydrogen-bond donors (Lipinski definition) is 1. The number of carbonyl (C=O) groups excluding carboxylic acids is 2. The highest BCUT2D eigenvalue weighted by Gasteiger charge is 2.30. The van der Waals surface area contributed by atoms with Crippen LogP contribution in [0.5, 0.6) is 0 Å². The van der Waals surface area contributed by atoms with Gasteiger partial charge in [-0.1, -0.05) is 30.3 Å². The first kappa shape index (κ1) is 24.0. The molecule has 1 aromatic carbocycles. The van der Waals surface area contributed by atoms with Gasteiger partial charge in [0.1, 0.15) is 10.7 Å². The highest BCUT2D eigenvalue weighted by molar-refractivity contribution is 7.17. The average molecular weight is 475 g/mol. The topological polar surface area (TPSA) is 76.5 Å². The van der Waals surface area contributed by atoms with Crippen LogP contribution in [0.2, 0.25) is 0 Å². The van der Waals surface area contributed by atoms with E-state index in [2.05, 4.69) is 27.4 Å². The zero-order valence-electron chi connectivity index (χ0n) is 18.2. The van der Waals surface area contributed by atoms with Gasteiger partial charge in [0, 0.05) is 37.3 Å². The lowest BCUT2D eigenvalue weighted by atomic mass is 10.0. The Morgan fingerprint density at radius 3 is 2.69 bits per heavy atom. The summed E-state index contributed by atoms with van der Waals surface area (Å²) in [5.41, 5.74) is 3.22. The maximum absolute atomic E-state index is 12.9. The molecule has 0 saturated carbocycles. The van der Waals surface area contributed by atoms with Crippen molar-refractivity contribution < 1.29 is 14.3 Å². The van der Waals surface area contributed by atoms with E-state index in [4.69, 9.17) is 4.74 Å². The molecule has 1 N–H and O–H groups in total. The summed E-state index contributed by atoms with van der Waals surface area (Å²) in [5, 5.41) is 7.66. The summed E-state index contributed by atoms with van der Waals surface area (Å²) in [4.78, 5) is 29.1. The van der Waals surface area contributed by atoms with E-state index < -0.39 is 0 Å². The van der Waals surface area contributed by atoms with Crippen LogP contribution in [0, 0.1) is 0 Å². The third-order valence-corrected chi connectivity index (χ3v) is 6.47. The third-order valence-electron chi connectivity index (χ3n) is 5.34. The van der Waals surface area contributed by atoms with Gasteiger partial charge in [-0.2, -0.15) is 5.10 Å². The van der Waals surface area contributed by atoms with E-state index in [1.807, 2.05) is 25.1 Å². The number of halogens is 1. The molecule has 7 nitrogen and oxygen atoms in total. The van der Waals surface area contributed by atoms with Crippen LogP contribution < -0.4 is 5.32 Å². The maximum Gasteiger partial charge on any atom is 0.341 e. The van der Waals surface area contributed by atoms with Crippen molar-refractivity contribution in [1.29, 1.82) is 0 Å². The van der Waals surface area contributed by atoms with Crippen LogP contribution in [0.1, 0.15) is 50.7 Å². The van der Waals surface area contributed by atoms with Crippen LogP contribution in [-0.4, -0.2) is 39.7 Å². The molecule has 3 aromatic rings. The minimum absolute atomic E-state index is 0. The molecule has 0 unspecified atom stereocenters. The van der Waals surface area contributed by atoms with Crippen LogP contribution in [0.25, 0.3) is 0 Å². The molecule has 32 heavy (non-hydrogen) atoms. The lowest BCUT2D eigenvalue weighted by Gasteiger charge is -2.27. The minimum atomic E-state index is -0.379. The zero-order chi connectivity index (χ0) is 21.8. The predicted octanol–water partition coefficient (Wildman–Crippen LogP) is 4.37. The van der Waals surface area contributed by atoms with E-state index in [1.54, 1.807) is 23.9 Å². The van der Waals surface area contributed by atoms with Gasteiger partial charge in [-0.15, -0.1) is 23.7 Å². The number of carbonyl (C=O) groups is 2.